The Morgan fingerprint density at radius 3 is 2.33 bits per heavy atom. The summed E-state index contributed by atoms with van der Waals surface area (Å²) in [6.45, 7) is 10.1. The molecule has 2 fully saturated rings. The Kier molecular flexibility index (Phi) is 8.56. The van der Waals surface area contributed by atoms with Crippen LogP contribution in [0.2, 0.25) is 0 Å². The Morgan fingerprint density at radius 2 is 1.61 bits per heavy atom. The van der Waals surface area contributed by atoms with E-state index in [9.17, 15) is 4.79 Å². The molecule has 5 heteroatoms. The van der Waals surface area contributed by atoms with Crippen molar-refractivity contribution in [2.24, 2.45) is 5.92 Å². The molecule has 5 nitrogen and oxygen atoms in total. The van der Waals surface area contributed by atoms with Crippen LogP contribution in [0.5, 0.6) is 5.75 Å². The van der Waals surface area contributed by atoms with Crippen molar-refractivity contribution in [3.63, 3.8) is 0 Å². The molecule has 4 rings (SSSR count). The average Bonchev–Trinajstić information content (AvgIpc) is 2.87. The first kappa shape index (κ1) is 23.5. The molecular weight excluding hydrogens is 410 g/mol. The Bertz CT molecular complexity index is 898. The number of hydrogen-bond acceptors (Lipinski definition) is 4. The summed E-state index contributed by atoms with van der Waals surface area (Å²) in [5.41, 5.74) is 2.47. The molecule has 0 aromatic heterocycles. The fourth-order valence-corrected chi connectivity index (χ4v) is 4.82. The first-order chi connectivity index (χ1) is 16.2. The molecule has 2 aromatic carbocycles. The third-order valence-corrected chi connectivity index (χ3v) is 6.76. The fraction of sp³-hybridized carbons (Fsp3) is 0.464. The van der Waals surface area contributed by atoms with Crippen LogP contribution in [0.1, 0.15) is 30.9 Å². The molecule has 0 N–H and O–H groups in total. The highest BCUT2D eigenvalue weighted by Crippen LogP contribution is 2.25. The van der Waals surface area contributed by atoms with Gasteiger partial charge in [-0.05, 0) is 44.5 Å². The largest absolute Gasteiger partial charge is 0.494 e. The monoisotopic (exact) mass is 447 g/mol. The molecule has 33 heavy (non-hydrogen) atoms. The van der Waals surface area contributed by atoms with E-state index in [0.717, 1.165) is 70.9 Å². The number of carbonyl (C=O) groups excluding carboxylic acids is 1. The van der Waals surface area contributed by atoms with Crippen molar-refractivity contribution < 1.29 is 9.53 Å². The van der Waals surface area contributed by atoms with Gasteiger partial charge in [-0.25, -0.2) is 0 Å². The van der Waals surface area contributed by atoms with Crippen LogP contribution in [-0.4, -0.2) is 73.0 Å². The summed E-state index contributed by atoms with van der Waals surface area (Å²) in [5.74, 6) is 1.52. The minimum Gasteiger partial charge on any atom is -0.494 e. The van der Waals surface area contributed by atoms with Crippen LogP contribution in [-0.2, 0) is 11.3 Å². The highest BCUT2D eigenvalue weighted by molar-refractivity contribution is 5.79. The van der Waals surface area contributed by atoms with Crippen LogP contribution in [0.3, 0.4) is 0 Å². The molecule has 0 spiro atoms. The lowest BCUT2D eigenvalue weighted by molar-refractivity contribution is -0.138. The first-order valence-electron chi connectivity index (χ1n) is 12.4. The number of ether oxygens (including phenoxy) is 1. The summed E-state index contributed by atoms with van der Waals surface area (Å²) in [4.78, 5) is 20.1. The van der Waals surface area contributed by atoms with Crippen molar-refractivity contribution in [2.75, 3.05) is 52.4 Å². The minimum absolute atomic E-state index is 0.174. The summed E-state index contributed by atoms with van der Waals surface area (Å²) >= 11 is 0. The molecular formula is C28H37N3O2. The van der Waals surface area contributed by atoms with Gasteiger partial charge in [-0.3, -0.25) is 14.6 Å². The van der Waals surface area contributed by atoms with Crippen molar-refractivity contribution >= 4 is 12.0 Å². The topological polar surface area (TPSA) is 36.0 Å². The first-order valence-corrected chi connectivity index (χ1v) is 12.4. The van der Waals surface area contributed by atoms with Gasteiger partial charge in [-0.1, -0.05) is 60.7 Å². The lowest BCUT2D eigenvalue weighted by Gasteiger charge is -2.38. The number of carbonyl (C=O) groups is 1. The maximum atomic E-state index is 13.1. The van der Waals surface area contributed by atoms with E-state index in [4.69, 9.17) is 4.74 Å². The maximum Gasteiger partial charge on any atom is 0.225 e. The number of nitrogens with zero attached hydrogens (tertiary/aromatic N) is 3. The van der Waals surface area contributed by atoms with Gasteiger partial charge in [0, 0.05) is 50.7 Å². The zero-order valence-corrected chi connectivity index (χ0v) is 19.9. The van der Waals surface area contributed by atoms with Gasteiger partial charge in [-0.2, -0.15) is 0 Å². The third-order valence-electron chi connectivity index (χ3n) is 6.76. The van der Waals surface area contributed by atoms with Gasteiger partial charge in [0.1, 0.15) is 5.75 Å². The second kappa shape index (κ2) is 12.0. The van der Waals surface area contributed by atoms with Crippen molar-refractivity contribution in [2.45, 2.75) is 26.3 Å². The zero-order chi connectivity index (χ0) is 22.9. The third kappa shape index (κ3) is 6.68. The second-order valence-corrected chi connectivity index (χ2v) is 9.03. The van der Waals surface area contributed by atoms with Gasteiger partial charge < -0.3 is 9.64 Å². The van der Waals surface area contributed by atoms with Crippen LogP contribution in [0.15, 0.2) is 60.7 Å². The van der Waals surface area contributed by atoms with Crippen LogP contribution in [0.25, 0.3) is 6.08 Å². The van der Waals surface area contributed by atoms with Crippen molar-refractivity contribution in [3.05, 3.63) is 71.8 Å². The van der Waals surface area contributed by atoms with Crippen LogP contribution in [0, 0.1) is 5.92 Å². The number of likely N-dealkylation sites (tertiary alicyclic amines) is 1. The van der Waals surface area contributed by atoms with Gasteiger partial charge >= 0.3 is 0 Å². The summed E-state index contributed by atoms with van der Waals surface area (Å²) < 4.78 is 5.78. The van der Waals surface area contributed by atoms with E-state index >= 15 is 0 Å². The quantitative estimate of drug-likeness (QED) is 0.609. The summed E-state index contributed by atoms with van der Waals surface area (Å²) in [6, 6.07) is 18.7. The van der Waals surface area contributed by atoms with E-state index in [0.29, 0.717) is 12.5 Å². The number of hydrogen-bond donors (Lipinski definition) is 0. The predicted octanol–water partition coefficient (Wildman–Crippen LogP) is 4.15. The Hall–Kier alpha value is -2.63. The van der Waals surface area contributed by atoms with E-state index in [1.807, 2.05) is 25.1 Å². The van der Waals surface area contributed by atoms with Crippen LogP contribution >= 0.6 is 0 Å². The molecule has 2 aliphatic heterocycles. The molecule has 2 aliphatic rings. The smallest absolute Gasteiger partial charge is 0.225 e. The average molecular weight is 448 g/mol. The molecule has 2 heterocycles. The number of amides is 1. The van der Waals surface area contributed by atoms with E-state index in [1.54, 1.807) is 0 Å². The number of para-hydroxylation sites is 1. The zero-order valence-electron chi connectivity index (χ0n) is 19.9. The minimum atomic E-state index is 0.174. The van der Waals surface area contributed by atoms with Crippen molar-refractivity contribution in [1.82, 2.24) is 14.7 Å². The fourth-order valence-electron chi connectivity index (χ4n) is 4.82. The maximum absolute atomic E-state index is 13.1. The van der Waals surface area contributed by atoms with Gasteiger partial charge in [0.05, 0.1) is 6.61 Å². The normalized spacial score (nSPS) is 18.6. The summed E-state index contributed by atoms with van der Waals surface area (Å²) in [6.07, 6.45) is 6.32. The molecule has 0 unspecified atom stereocenters. The standard InChI is InChI=1S/C28H37N3O2/c1-2-33-27-13-7-6-12-26(27)23-30-17-14-25(15-18-30)28(32)31-21-19-29(20-22-31)16-8-11-24-9-4-3-5-10-24/h3-13,25H,2,14-23H2,1H3/b11-8+. The van der Waals surface area contributed by atoms with E-state index in [1.165, 1.54) is 11.1 Å². The van der Waals surface area contributed by atoms with E-state index in [2.05, 4.69) is 63.2 Å². The molecule has 2 aromatic rings. The Morgan fingerprint density at radius 1 is 0.909 bits per heavy atom. The van der Waals surface area contributed by atoms with Gasteiger partial charge in [0.25, 0.3) is 0 Å². The van der Waals surface area contributed by atoms with Crippen LogP contribution < -0.4 is 4.74 Å². The lowest BCUT2D eigenvalue weighted by atomic mass is 9.94. The summed E-state index contributed by atoms with van der Waals surface area (Å²) in [5, 5.41) is 0. The number of benzene rings is 2. The molecule has 0 aliphatic carbocycles. The summed E-state index contributed by atoms with van der Waals surface area (Å²) in [7, 11) is 0. The molecule has 0 radical (unpaired) electrons. The molecule has 0 saturated carbocycles. The second-order valence-electron chi connectivity index (χ2n) is 9.03. The van der Waals surface area contributed by atoms with Crippen LogP contribution in [0.4, 0.5) is 0 Å². The lowest BCUT2D eigenvalue weighted by Crippen LogP contribution is -2.51. The van der Waals surface area contributed by atoms with Gasteiger partial charge in [-0.15, -0.1) is 0 Å². The van der Waals surface area contributed by atoms with Gasteiger partial charge in [0.15, 0.2) is 0 Å². The molecule has 0 atom stereocenters. The highest BCUT2D eigenvalue weighted by atomic mass is 16.5. The van der Waals surface area contributed by atoms with Crippen molar-refractivity contribution in [1.29, 1.82) is 0 Å². The van der Waals surface area contributed by atoms with Crippen molar-refractivity contribution in [3.8, 4) is 5.75 Å². The Balaban J connectivity index is 1.19. The SMILES string of the molecule is CCOc1ccccc1CN1CCC(C(=O)N2CCN(C/C=C/c3ccccc3)CC2)CC1. The van der Waals surface area contributed by atoms with E-state index < -0.39 is 0 Å². The Labute approximate surface area is 198 Å². The highest BCUT2D eigenvalue weighted by Gasteiger charge is 2.30. The number of piperidine rings is 1. The molecule has 0 bridgehead atoms. The molecule has 1 amide bonds. The number of rotatable bonds is 8. The molecule has 176 valence electrons. The number of piperazine rings is 1. The van der Waals surface area contributed by atoms with Gasteiger partial charge in [0.2, 0.25) is 5.91 Å². The predicted molar refractivity (Wildman–Crippen MR) is 134 cm³/mol. The van der Waals surface area contributed by atoms with E-state index in [-0.39, 0.29) is 5.92 Å². The molecule has 2 saturated heterocycles.